The molecule has 0 radical (unpaired) electrons. The number of carbonyl (C=O) groups is 1. The number of nitrogens with zero attached hydrogens (tertiary/aromatic N) is 4. The van der Waals surface area contributed by atoms with Crippen LogP contribution in [-0.2, 0) is 13.0 Å². The molecule has 2 N–H and O–H groups in total. The van der Waals surface area contributed by atoms with Crippen molar-refractivity contribution in [2.75, 3.05) is 5.32 Å². The number of carbonyl (C=O) groups excluding carboxylic acids is 1. The van der Waals surface area contributed by atoms with Crippen molar-refractivity contribution in [1.29, 1.82) is 0 Å². The van der Waals surface area contributed by atoms with Crippen molar-refractivity contribution in [2.45, 2.75) is 26.8 Å². The minimum Gasteiger partial charge on any atom is -0.444 e. The second-order valence-corrected chi connectivity index (χ2v) is 5.29. The fourth-order valence-electron chi connectivity index (χ4n) is 2.03. The summed E-state index contributed by atoms with van der Waals surface area (Å²) in [6.07, 6.45) is 2.40. The van der Waals surface area contributed by atoms with E-state index in [4.69, 9.17) is 16.0 Å². The lowest BCUT2D eigenvalue weighted by molar-refractivity contribution is 0.250. The number of aryl methyl sites for hydroxylation is 2. The van der Waals surface area contributed by atoms with Crippen molar-refractivity contribution in [3.8, 4) is 0 Å². The molecular formula is C14H15ClN6O2. The monoisotopic (exact) mass is 334 g/mol. The molecule has 0 bridgehead atoms. The standard InChI is InChI=1S/C14H15ClN6O2/c1-3-9-6-16-13(23-9)7-17-14(22)19-11-5-10(15)21-12(18-11)4-8(2)20-21/h4-6H,3,7H2,1-2H3,(H2,17,18,19,22). The number of halogens is 1. The van der Waals surface area contributed by atoms with Crippen LogP contribution in [0.2, 0.25) is 5.15 Å². The third-order valence-corrected chi connectivity index (χ3v) is 3.37. The van der Waals surface area contributed by atoms with Gasteiger partial charge in [0.05, 0.1) is 18.4 Å². The Hall–Kier alpha value is -2.61. The van der Waals surface area contributed by atoms with E-state index >= 15 is 0 Å². The summed E-state index contributed by atoms with van der Waals surface area (Å²) in [7, 11) is 0. The highest BCUT2D eigenvalue weighted by molar-refractivity contribution is 6.30. The summed E-state index contributed by atoms with van der Waals surface area (Å²) in [4.78, 5) is 20.3. The molecule has 3 rings (SSSR count). The number of rotatable bonds is 4. The predicted octanol–water partition coefficient (Wildman–Crippen LogP) is 2.56. The zero-order chi connectivity index (χ0) is 16.4. The molecule has 0 aliphatic rings. The molecule has 120 valence electrons. The molecule has 0 spiro atoms. The minimum absolute atomic E-state index is 0.188. The van der Waals surface area contributed by atoms with E-state index in [0.29, 0.717) is 22.5 Å². The molecule has 3 heterocycles. The van der Waals surface area contributed by atoms with E-state index < -0.39 is 6.03 Å². The fourth-order valence-corrected chi connectivity index (χ4v) is 2.25. The van der Waals surface area contributed by atoms with E-state index in [-0.39, 0.29) is 6.54 Å². The van der Waals surface area contributed by atoms with Crippen molar-refractivity contribution in [1.82, 2.24) is 24.9 Å². The van der Waals surface area contributed by atoms with Crippen molar-refractivity contribution >= 4 is 29.1 Å². The summed E-state index contributed by atoms with van der Waals surface area (Å²) in [6, 6.07) is 2.87. The number of amides is 2. The second kappa shape index (κ2) is 6.25. The largest absolute Gasteiger partial charge is 0.444 e. The maximum absolute atomic E-state index is 11.9. The van der Waals surface area contributed by atoms with Crippen LogP contribution >= 0.6 is 11.6 Å². The molecular weight excluding hydrogens is 320 g/mol. The van der Waals surface area contributed by atoms with Crippen LogP contribution in [0.5, 0.6) is 0 Å². The summed E-state index contributed by atoms with van der Waals surface area (Å²) in [5, 5.41) is 9.82. The van der Waals surface area contributed by atoms with Gasteiger partial charge in [0.15, 0.2) is 5.65 Å². The zero-order valence-electron chi connectivity index (χ0n) is 12.6. The van der Waals surface area contributed by atoms with Crippen LogP contribution in [0.3, 0.4) is 0 Å². The molecule has 0 saturated carbocycles. The third-order valence-electron chi connectivity index (χ3n) is 3.10. The van der Waals surface area contributed by atoms with Gasteiger partial charge in [0.1, 0.15) is 16.7 Å². The Morgan fingerprint density at radius 1 is 1.43 bits per heavy atom. The topological polar surface area (TPSA) is 97.4 Å². The maximum Gasteiger partial charge on any atom is 0.320 e. The van der Waals surface area contributed by atoms with Crippen LogP contribution in [0.4, 0.5) is 10.6 Å². The molecule has 0 atom stereocenters. The Kier molecular flexibility index (Phi) is 4.16. The molecule has 9 heteroatoms. The van der Waals surface area contributed by atoms with Gasteiger partial charge in [-0.15, -0.1) is 0 Å². The second-order valence-electron chi connectivity index (χ2n) is 4.90. The number of urea groups is 1. The summed E-state index contributed by atoms with van der Waals surface area (Å²) < 4.78 is 6.91. The number of oxazole rings is 1. The van der Waals surface area contributed by atoms with Gasteiger partial charge in [-0.3, -0.25) is 5.32 Å². The Labute approximate surface area is 136 Å². The molecule has 0 aliphatic carbocycles. The van der Waals surface area contributed by atoms with Crippen molar-refractivity contribution in [2.24, 2.45) is 0 Å². The number of nitrogens with one attached hydrogen (secondary N) is 2. The van der Waals surface area contributed by atoms with E-state index in [1.807, 2.05) is 13.8 Å². The molecule has 2 amide bonds. The average Bonchev–Trinajstić information content (AvgIpc) is 3.11. The number of hydrogen-bond donors (Lipinski definition) is 2. The van der Waals surface area contributed by atoms with Crippen LogP contribution in [-0.4, -0.2) is 25.6 Å². The smallest absolute Gasteiger partial charge is 0.320 e. The molecule has 3 aromatic heterocycles. The van der Waals surface area contributed by atoms with E-state index in [1.165, 1.54) is 10.6 Å². The summed E-state index contributed by atoms with van der Waals surface area (Å²) in [5.41, 5.74) is 1.35. The first-order valence-corrected chi connectivity index (χ1v) is 7.44. The van der Waals surface area contributed by atoms with Crippen molar-refractivity contribution in [3.63, 3.8) is 0 Å². The Balaban J connectivity index is 1.65. The van der Waals surface area contributed by atoms with Gasteiger partial charge in [-0.25, -0.2) is 19.3 Å². The lowest BCUT2D eigenvalue weighted by Crippen LogP contribution is -2.28. The molecule has 0 unspecified atom stereocenters. The fraction of sp³-hybridized carbons (Fsp3) is 0.286. The van der Waals surface area contributed by atoms with Crippen molar-refractivity contribution < 1.29 is 9.21 Å². The van der Waals surface area contributed by atoms with Gasteiger partial charge in [0, 0.05) is 18.6 Å². The lowest BCUT2D eigenvalue weighted by Gasteiger charge is -2.06. The number of aromatic nitrogens is 4. The molecule has 0 aromatic carbocycles. The molecule has 0 saturated heterocycles. The predicted molar refractivity (Wildman–Crippen MR) is 84.5 cm³/mol. The summed E-state index contributed by atoms with van der Waals surface area (Å²) in [6.45, 7) is 3.99. The highest BCUT2D eigenvalue weighted by atomic mass is 35.5. The Bertz CT molecular complexity index is 856. The van der Waals surface area contributed by atoms with Gasteiger partial charge >= 0.3 is 6.03 Å². The van der Waals surface area contributed by atoms with Gasteiger partial charge in [0.2, 0.25) is 5.89 Å². The van der Waals surface area contributed by atoms with Gasteiger partial charge in [-0.05, 0) is 6.92 Å². The van der Waals surface area contributed by atoms with Crippen LogP contribution < -0.4 is 10.6 Å². The highest BCUT2D eigenvalue weighted by Gasteiger charge is 2.10. The first-order valence-electron chi connectivity index (χ1n) is 7.06. The third kappa shape index (κ3) is 3.42. The number of anilines is 1. The average molecular weight is 335 g/mol. The Morgan fingerprint density at radius 2 is 2.26 bits per heavy atom. The summed E-state index contributed by atoms with van der Waals surface area (Å²) >= 11 is 6.11. The van der Waals surface area contributed by atoms with Gasteiger partial charge in [-0.2, -0.15) is 5.10 Å². The number of hydrogen-bond acceptors (Lipinski definition) is 5. The molecule has 23 heavy (non-hydrogen) atoms. The first-order chi connectivity index (χ1) is 11.0. The van der Waals surface area contributed by atoms with E-state index in [0.717, 1.165) is 17.9 Å². The molecule has 8 nitrogen and oxygen atoms in total. The molecule has 0 fully saturated rings. The zero-order valence-corrected chi connectivity index (χ0v) is 13.4. The molecule has 3 aromatic rings. The van der Waals surface area contributed by atoms with Gasteiger partial charge < -0.3 is 9.73 Å². The maximum atomic E-state index is 11.9. The Morgan fingerprint density at radius 3 is 3.00 bits per heavy atom. The van der Waals surface area contributed by atoms with Crippen LogP contribution in [0.1, 0.15) is 24.3 Å². The molecule has 0 aliphatic heterocycles. The van der Waals surface area contributed by atoms with Gasteiger partial charge in [-0.1, -0.05) is 18.5 Å². The van der Waals surface area contributed by atoms with E-state index in [2.05, 4.69) is 25.7 Å². The first kappa shape index (κ1) is 15.3. The van der Waals surface area contributed by atoms with Crippen LogP contribution in [0, 0.1) is 6.92 Å². The normalized spacial score (nSPS) is 10.9. The highest BCUT2D eigenvalue weighted by Crippen LogP contribution is 2.17. The van der Waals surface area contributed by atoms with E-state index in [9.17, 15) is 4.79 Å². The number of fused-ring (bicyclic) bond motifs is 1. The SMILES string of the molecule is CCc1cnc(CNC(=O)Nc2cc(Cl)n3nc(C)cc3n2)o1. The minimum atomic E-state index is -0.426. The van der Waals surface area contributed by atoms with Crippen LogP contribution in [0.25, 0.3) is 5.65 Å². The van der Waals surface area contributed by atoms with Crippen molar-refractivity contribution in [3.05, 3.63) is 40.8 Å². The quantitative estimate of drug-likeness (QED) is 0.715. The van der Waals surface area contributed by atoms with Crippen LogP contribution in [0.15, 0.2) is 22.7 Å². The summed E-state index contributed by atoms with van der Waals surface area (Å²) in [5.74, 6) is 1.56. The van der Waals surface area contributed by atoms with E-state index in [1.54, 1.807) is 12.3 Å². The van der Waals surface area contributed by atoms with Gasteiger partial charge in [0.25, 0.3) is 0 Å². The lowest BCUT2D eigenvalue weighted by atomic mass is 10.4.